The summed E-state index contributed by atoms with van der Waals surface area (Å²) in [5.74, 6) is 0.0278. The van der Waals surface area contributed by atoms with E-state index in [1.165, 1.54) is 24.6 Å². The van der Waals surface area contributed by atoms with E-state index in [1.54, 1.807) is 4.68 Å². The summed E-state index contributed by atoms with van der Waals surface area (Å²) in [6, 6.07) is 0.872. The van der Waals surface area contributed by atoms with Gasteiger partial charge >= 0.3 is 0 Å². The van der Waals surface area contributed by atoms with Crippen LogP contribution in [0.15, 0.2) is 5.16 Å². The van der Waals surface area contributed by atoms with Gasteiger partial charge in [0, 0.05) is 18.6 Å². The minimum Gasteiger partial charge on any atom is -0.353 e. The summed E-state index contributed by atoms with van der Waals surface area (Å²) in [4.78, 5) is 12.0. The van der Waals surface area contributed by atoms with Crippen LogP contribution in [0, 0.1) is 0 Å². The van der Waals surface area contributed by atoms with E-state index in [0.717, 1.165) is 19.5 Å². The van der Waals surface area contributed by atoms with E-state index in [4.69, 9.17) is 0 Å². The Labute approximate surface area is 129 Å². The normalized spacial score (nSPS) is 17.5. The van der Waals surface area contributed by atoms with Crippen molar-refractivity contribution >= 4 is 17.7 Å². The van der Waals surface area contributed by atoms with Crippen LogP contribution in [0.1, 0.15) is 40.0 Å². The molecule has 0 bridgehead atoms. The number of tetrazole rings is 1. The van der Waals surface area contributed by atoms with E-state index in [9.17, 15) is 4.79 Å². The molecule has 1 amide bonds. The number of amides is 1. The fourth-order valence-electron chi connectivity index (χ4n) is 1.76. The van der Waals surface area contributed by atoms with Gasteiger partial charge in [0.15, 0.2) is 0 Å². The molecule has 8 heteroatoms. The van der Waals surface area contributed by atoms with Crippen molar-refractivity contribution in [3.05, 3.63) is 0 Å². The molecule has 0 radical (unpaired) electrons. The molecule has 21 heavy (non-hydrogen) atoms. The van der Waals surface area contributed by atoms with Crippen LogP contribution < -0.4 is 10.6 Å². The minimum absolute atomic E-state index is 0.0278. The van der Waals surface area contributed by atoms with Gasteiger partial charge in [-0.2, -0.15) is 0 Å². The number of aromatic nitrogens is 4. The molecule has 0 aromatic carbocycles. The van der Waals surface area contributed by atoms with Crippen molar-refractivity contribution in [2.75, 3.05) is 6.54 Å². The van der Waals surface area contributed by atoms with Crippen LogP contribution in [0.4, 0.5) is 0 Å². The zero-order valence-corrected chi connectivity index (χ0v) is 13.7. The van der Waals surface area contributed by atoms with Crippen LogP contribution in [0.5, 0.6) is 0 Å². The van der Waals surface area contributed by atoms with Gasteiger partial charge in [-0.25, -0.2) is 4.68 Å². The van der Waals surface area contributed by atoms with E-state index in [-0.39, 0.29) is 17.2 Å². The summed E-state index contributed by atoms with van der Waals surface area (Å²) in [5.41, 5.74) is 0. The lowest BCUT2D eigenvalue weighted by molar-refractivity contribution is -0.120. The molecule has 0 aliphatic heterocycles. The maximum atomic E-state index is 12.0. The SMILES string of the molecule is CCC(C)NC(=O)C(C)Sc1nnnn1CCNC1CC1. The zero-order chi connectivity index (χ0) is 15.2. The van der Waals surface area contributed by atoms with Crippen molar-refractivity contribution in [2.24, 2.45) is 0 Å². The Morgan fingerprint density at radius 2 is 2.24 bits per heavy atom. The maximum Gasteiger partial charge on any atom is 0.233 e. The number of hydrogen-bond donors (Lipinski definition) is 2. The van der Waals surface area contributed by atoms with Gasteiger partial charge in [0.25, 0.3) is 0 Å². The fraction of sp³-hybridized carbons (Fsp3) is 0.846. The zero-order valence-electron chi connectivity index (χ0n) is 12.9. The van der Waals surface area contributed by atoms with E-state index < -0.39 is 0 Å². The Balaban J connectivity index is 1.80. The third-order valence-corrected chi connectivity index (χ3v) is 4.56. The monoisotopic (exact) mass is 312 g/mol. The molecule has 2 atom stereocenters. The second-order valence-electron chi connectivity index (χ2n) is 5.49. The predicted octanol–water partition coefficient (Wildman–Crippen LogP) is 0.820. The van der Waals surface area contributed by atoms with Gasteiger partial charge < -0.3 is 10.6 Å². The van der Waals surface area contributed by atoms with Crippen LogP contribution in [0.25, 0.3) is 0 Å². The number of carbonyl (C=O) groups excluding carboxylic acids is 1. The Morgan fingerprint density at radius 3 is 2.90 bits per heavy atom. The van der Waals surface area contributed by atoms with Crippen molar-refractivity contribution in [1.29, 1.82) is 0 Å². The van der Waals surface area contributed by atoms with Crippen molar-refractivity contribution in [1.82, 2.24) is 30.8 Å². The van der Waals surface area contributed by atoms with Crippen LogP contribution >= 0.6 is 11.8 Å². The summed E-state index contributed by atoms with van der Waals surface area (Å²) in [5, 5.41) is 18.6. The fourth-order valence-corrected chi connectivity index (χ4v) is 2.58. The van der Waals surface area contributed by atoms with Gasteiger partial charge in [-0.3, -0.25) is 4.79 Å². The van der Waals surface area contributed by atoms with Gasteiger partial charge in [-0.15, -0.1) is 5.10 Å². The number of rotatable bonds is 9. The van der Waals surface area contributed by atoms with Gasteiger partial charge in [-0.1, -0.05) is 18.7 Å². The third kappa shape index (κ3) is 5.28. The van der Waals surface area contributed by atoms with Crippen molar-refractivity contribution in [3.63, 3.8) is 0 Å². The van der Waals surface area contributed by atoms with Crippen molar-refractivity contribution in [3.8, 4) is 0 Å². The van der Waals surface area contributed by atoms with E-state index in [1.807, 2.05) is 13.8 Å². The molecule has 0 spiro atoms. The lowest BCUT2D eigenvalue weighted by atomic mass is 10.2. The van der Waals surface area contributed by atoms with Crippen molar-refractivity contribution in [2.45, 2.75) is 69.1 Å². The molecule has 1 aromatic heterocycles. The average Bonchev–Trinajstić information content (AvgIpc) is 3.19. The summed E-state index contributed by atoms with van der Waals surface area (Å²) in [6.07, 6.45) is 3.46. The summed E-state index contributed by atoms with van der Waals surface area (Å²) in [7, 11) is 0. The summed E-state index contributed by atoms with van der Waals surface area (Å²) in [6.45, 7) is 7.52. The van der Waals surface area contributed by atoms with Crippen LogP contribution in [-0.4, -0.2) is 50.0 Å². The second-order valence-corrected chi connectivity index (χ2v) is 6.80. The predicted molar refractivity (Wildman–Crippen MR) is 82.1 cm³/mol. The molecule has 1 fully saturated rings. The number of thioether (sulfide) groups is 1. The topological polar surface area (TPSA) is 84.7 Å². The van der Waals surface area contributed by atoms with Crippen LogP contribution in [0.2, 0.25) is 0 Å². The first-order valence-corrected chi connectivity index (χ1v) is 8.44. The molecule has 1 aliphatic carbocycles. The number of carbonyl (C=O) groups is 1. The van der Waals surface area contributed by atoms with Crippen LogP contribution in [0.3, 0.4) is 0 Å². The second kappa shape index (κ2) is 7.74. The smallest absolute Gasteiger partial charge is 0.233 e. The van der Waals surface area contributed by atoms with Gasteiger partial charge in [0.2, 0.25) is 11.1 Å². The highest BCUT2D eigenvalue weighted by Gasteiger charge is 2.21. The first-order valence-electron chi connectivity index (χ1n) is 7.56. The Kier molecular flexibility index (Phi) is 5.98. The lowest BCUT2D eigenvalue weighted by Crippen LogP contribution is -2.37. The molecule has 1 heterocycles. The maximum absolute atomic E-state index is 12.0. The number of hydrogen-bond acceptors (Lipinski definition) is 6. The first-order chi connectivity index (χ1) is 10.1. The molecular weight excluding hydrogens is 288 g/mol. The quantitative estimate of drug-likeness (QED) is 0.657. The molecule has 2 rings (SSSR count). The Morgan fingerprint density at radius 1 is 1.48 bits per heavy atom. The van der Waals surface area contributed by atoms with E-state index >= 15 is 0 Å². The highest BCUT2D eigenvalue weighted by molar-refractivity contribution is 8.00. The van der Waals surface area contributed by atoms with Gasteiger partial charge in [0.05, 0.1) is 11.8 Å². The minimum atomic E-state index is -0.208. The molecule has 1 aromatic rings. The highest BCUT2D eigenvalue weighted by atomic mass is 32.2. The lowest BCUT2D eigenvalue weighted by Gasteiger charge is -2.15. The molecule has 7 nitrogen and oxygen atoms in total. The summed E-state index contributed by atoms with van der Waals surface area (Å²) < 4.78 is 1.76. The van der Waals surface area contributed by atoms with E-state index in [0.29, 0.717) is 11.2 Å². The molecular formula is C13H24N6OS. The number of nitrogens with one attached hydrogen (secondary N) is 2. The average molecular weight is 312 g/mol. The van der Waals surface area contributed by atoms with Crippen LogP contribution in [-0.2, 0) is 11.3 Å². The molecule has 2 N–H and O–H groups in total. The number of nitrogens with zero attached hydrogens (tertiary/aromatic N) is 4. The molecule has 2 unspecified atom stereocenters. The Bertz CT molecular complexity index is 461. The third-order valence-electron chi connectivity index (χ3n) is 3.49. The Hall–Kier alpha value is -1.15. The summed E-state index contributed by atoms with van der Waals surface area (Å²) >= 11 is 1.40. The van der Waals surface area contributed by atoms with E-state index in [2.05, 4.69) is 33.1 Å². The first kappa shape index (κ1) is 16.2. The standard InChI is InChI=1S/C13H24N6OS/c1-4-9(2)15-12(20)10(3)21-13-16-17-18-19(13)8-7-14-11-5-6-11/h9-11,14H,4-8H2,1-3H3,(H,15,20). The molecule has 1 aliphatic rings. The molecule has 0 saturated heterocycles. The van der Waals surface area contributed by atoms with Crippen molar-refractivity contribution < 1.29 is 4.79 Å². The van der Waals surface area contributed by atoms with Gasteiger partial charge in [0.1, 0.15) is 0 Å². The molecule has 118 valence electrons. The molecule has 1 saturated carbocycles. The highest BCUT2D eigenvalue weighted by Crippen LogP contribution is 2.21. The largest absolute Gasteiger partial charge is 0.353 e. The van der Waals surface area contributed by atoms with Gasteiger partial charge in [-0.05, 0) is 43.5 Å².